The Morgan fingerprint density at radius 1 is 0.957 bits per heavy atom. The highest BCUT2D eigenvalue weighted by Gasteiger charge is 2.24. The van der Waals surface area contributed by atoms with Crippen LogP contribution in [0.2, 0.25) is 0 Å². The van der Waals surface area contributed by atoms with Gasteiger partial charge in [-0.15, -0.1) is 0 Å². The highest BCUT2D eigenvalue weighted by atomic mass is 32.2. The predicted octanol–water partition coefficient (Wildman–Crippen LogP) is 9.59. The maximum atomic E-state index is 11.0. The van der Waals surface area contributed by atoms with Gasteiger partial charge >= 0.3 is 5.97 Å². The molecular weight excluding hydrogens is 595 g/mol. The standard InChI is InChI=1S/C29H22N2O3.C9H15NOS/c32-26(33)19-30-23-15-9-14-22(18-23)24-16-7-8-17-25(24)29-31-27(20-10-3-1-4-11-20)28(34-29)21-12-5-2-6-13-21;1-12-11-9(7-10)8-5-3-2-4-6-8/h1-18,30H,19H2,(H,32,33);8-9H,2-6H2,1H3/i;1T. The summed E-state index contributed by atoms with van der Waals surface area (Å²) in [5, 5.41) is 20.8. The lowest BCUT2D eigenvalue weighted by molar-refractivity contribution is -0.134. The van der Waals surface area contributed by atoms with E-state index in [2.05, 4.69) is 11.4 Å². The predicted molar refractivity (Wildman–Crippen MR) is 185 cm³/mol. The molecule has 8 heteroatoms. The minimum absolute atomic E-state index is 0.147. The molecule has 0 radical (unpaired) electrons. The fourth-order valence-corrected chi connectivity index (χ4v) is 5.97. The number of aromatic nitrogens is 1. The molecule has 4 aromatic carbocycles. The topological polar surface area (TPSA) is 108 Å². The van der Waals surface area contributed by atoms with Crippen LogP contribution in [0.3, 0.4) is 0 Å². The zero-order valence-electron chi connectivity index (χ0n) is 26.5. The molecule has 0 bridgehead atoms. The summed E-state index contributed by atoms with van der Waals surface area (Å²) in [4.78, 5) is 15.9. The monoisotopic (exact) mass is 633 g/mol. The largest absolute Gasteiger partial charge is 0.480 e. The molecule has 0 saturated heterocycles. The number of hydrogen-bond acceptors (Lipinski definition) is 7. The van der Waals surface area contributed by atoms with Crippen LogP contribution >= 0.6 is 12.0 Å². The first-order chi connectivity index (χ1) is 23.1. The fraction of sp³-hybridized carbons (Fsp3) is 0.237. The lowest BCUT2D eigenvalue weighted by Crippen LogP contribution is -2.22. The first-order valence-electron chi connectivity index (χ1n) is 16.0. The lowest BCUT2D eigenvalue weighted by Gasteiger charge is -2.24. The van der Waals surface area contributed by atoms with Crippen LogP contribution in [0.4, 0.5) is 5.69 Å². The molecule has 0 aliphatic heterocycles. The minimum atomic E-state index is -0.910. The van der Waals surface area contributed by atoms with Gasteiger partial charge in [-0.2, -0.15) is 5.26 Å². The molecule has 1 aliphatic rings. The number of nitrogens with zero attached hydrogens (tertiary/aromatic N) is 2. The number of carboxylic acid groups (broad SMARTS) is 1. The van der Waals surface area contributed by atoms with Gasteiger partial charge < -0.3 is 14.8 Å². The number of benzene rings is 4. The molecule has 6 rings (SSSR count). The molecule has 5 aromatic rings. The average molecular weight is 634 g/mol. The number of carboxylic acids is 1. The van der Waals surface area contributed by atoms with E-state index in [1.54, 1.807) is 0 Å². The second-order valence-corrected chi connectivity index (χ2v) is 11.4. The van der Waals surface area contributed by atoms with Crippen molar-refractivity contribution < 1.29 is 19.9 Å². The van der Waals surface area contributed by atoms with Crippen molar-refractivity contribution in [2.75, 3.05) is 18.1 Å². The van der Waals surface area contributed by atoms with Gasteiger partial charge in [-0.05, 0) is 60.1 Å². The highest BCUT2D eigenvalue weighted by molar-refractivity contribution is 7.93. The summed E-state index contributed by atoms with van der Waals surface area (Å²) < 4.78 is 18.6. The Balaban J connectivity index is 0.000000281. The Hall–Kier alpha value is -4.84. The molecule has 0 amide bonds. The van der Waals surface area contributed by atoms with Gasteiger partial charge in [-0.1, -0.05) is 110 Å². The molecule has 1 aliphatic carbocycles. The van der Waals surface area contributed by atoms with Gasteiger partial charge in [0.2, 0.25) is 5.89 Å². The molecule has 1 atom stereocenters. The third-order valence-corrected chi connectivity index (χ3v) is 8.21. The molecule has 7 nitrogen and oxygen atoms in total. The molecule has 0 spiro atoms. The third kappa shape index (κ3) is 8.45. The van der Waals surface area contributed by atoms with Crippen molar-refractivity contribution in [1.82, 2.24) is 4.98 Å². The van der Waals surface area contributed by atoms with Crippen LogP contribution in [0, 0.1) is 17.2 Å². The van der Waals surface area contributed by atoms with Crippen LogP contribution in [0.15, 0.2) is 114 Å². The highest BCUT2D eigenvalue weighted by Crippen LogP contribution is 2.39. The van der Waals surface area contributed by atoms with Crippen LogP contribution in [0.25, 0.3) is 45.2 Å². The van der Waals surface area contributed by atoms with Crippen LogP contribution in [-0.2, 0) is 8.98 Å². The SMILES string of the molecule is O=C(O)CNc1cccc(-c2ccccc2-c2nc(-c3ccccc3)c(-c3ccccc3)o2)c1.[3H]CSOC(C#N)C1CCCCC1. The lowest BCUT2D eigenvalue weighted by atomic mass is 9.86. The van der Waals surface area contributed by atoms with Crippen molar-refractivity contribution in [3.63, 3.8) is 0 Å². The summed E-state index contributed by atoms with van der Waals surface area (Å²) in [6, 6.07) is 37.8. The Labute approximate surface area is 275 Å². The number of hydrogen-bond donors (Lipinski definition) is 2. The Kier molecular flexibility index (Phi) is 11.2. The summed E-state index contributed by atoms with van der Waals surface area (Å²) in [7, 11) is 0. The maximum Gasteiger partial charge on any atom is 0.322 e. The first-order valence-corrected chi connectivity index (χ1v) is 16.2. The number of nitrogens with one attached hydrogen (secondary N) is 1. The molecular formula is C38H37N3O4S. The zero-order chi connectivity index (χ0) is 32.8. The third-order valence-electron chi connectivity index (χ3n) is 7.86. The van der Waals surface area contributed by atoms with Gasteiger partial charge in [-0.3, -0.25) is 8.98 Å². The van der Waals surface area contributed by atoms with Gasteiger partial charge in [0.05, 0.1) is 6.07 Å². The van der Waals surface area contributed by atoms with Crippen LogP contribution < -0.4 is 5.32 Å². The summed E-state index contributed by atoms with van der Waals surface area (Å²) in [5.41, 5.74) is 6.20. The summed E-state index contributed by atoms with van der Waals surface area (Å²) in [6.45, 7) is -0.147. The molecule has 234 valence electrons. The normalized spacial score (nSPS) is 13.8. The van der Waals surface area contributed by atoms with E-state index in [9.17, 15) is 4.79 Å². The second-order valence-electron chi connectivity index (χ2n) is 11.0. The van der Waals surface area contributed by atoms with Crippen LogP contribution in [0.1, 0.15) is 33.5 Å². The van der Waals surface area contributed by atoms with Gasteiger partial charge in [0, 0.05) is 30.0 Å². The number of oxazole rings is 1. The number of rotatable bonds is 10. The number of anilines is 1. The zero-order valence-corrected chi connectivity index (χ0v) is 26.3. The quantitative estimate of drug-likeness (QED) is 0.146. The van der Waals surface area contributed by atoms with Crippen molar-refractivity contribution in [2.45, 2.75) is 38.2 Å². The van der Waals surface area contributed by atoms with Crippen molar-refractivity contribution in [3.05, 3.63) is 109 Å². The van der Waals surface area contributed by atoms with E-state index in [-0.39, 0.29) is 18.9 Å². The van der Waals surface area contributed by atoms with Gasteiger partial charge in [0.15, 0.2) is 11.9 Å². The van der Waals surface area contributed by atoms with Crippen LogP contribution in [-0.4, -0.2) is 34.9 Å². The summed E-state index contributed by atoms with van der Waals surface area (Å²) in [6.07, 6.45) is 5.82. The van der Waals surface area contributed by atoms with Crippen molar-refractivity contribution in [3.8, 4) is 51.2 Å². The number of carbonyl (C=O) groups is 1. The minimum Gasteiger partial charge on any atom is -0.480 e. The molecule has 1 aromatic heterocycles. The van der Waals surface area contributed by atoms with E-state index in [1.807, 2.05) is 109 Å². The molecule has 1 saturated carbocycles. The van der Waals surface area contributed by atoms with Gasteiger partial charge in [0.1, 0.15) is 12.2 Å². The van der Waals surface area contributed by atoms with Crippen LogP contribution in [0.5, 0.6) is 0 Å². The van der Waals surface area contributed by atoms with Crippen molar-refractivity contribution in [2.24, 2.45) is 5.92 Å². The van der Waals surface area contributed by atoms with E-state index in [1.165, 1.54) is 19.3 Å². The summed E-state index contributed by atoms with van der Waals surface area (Å²) >= 11 is 1.08. The summed E-state index contributed by atoms with van der Waals surface area (Å²) in [5.74, 6) is 0.732. The molecule has 1 unspecified atom stereocenters. The number of aliphatic carboxylic acids is 1. The smallest absolute Gasteiger partial charge is 0.322 e. The molecule has 2 N–H and O–H groups in total. The first kappa shape index (κ1) is 31.2. The van der Waals surface area contributed by atoms with E-state index in [4.69, 9.17) is 25.3 Å². The fourth-order valence-electron chi connectivity index (χ4n) is 5.62. The molecule has 1 heterocycles. The van der Waals surface area contributed by atoms with Gasteiger partial charge in [0.25, 0.3) is 0 Å². The van der Waals surface area contributed by atoms with Gasteiger partial charge in [-0.25, -0.2) is 4.98 Å². The van der Waals surface area contributed by atoms with E-state index in [0.29, 0.717) is 17.6 Å². The maximum absolute atomic E-state index is 11.0. The Morgan fingerprint density at radius 3 is 2.28 bits per heavy atom. The van der Waals surface area contributed by atoms with E-state index < -0.39 is 5.97 Å². The van der Waals surface area contributed by atoms with E-state index >= 15 is 0 Å². The second kappa shape index (κ2) is 16.5. The molecule has 46 heavy (non-hydrogen) atoms. The Morgan fingerprint density at radius 2 is 1.61 bits per heavy atom. The Bertz CT molecular complexity index is 1710. The molecule has 1 fully saturated rings. The average Bonchev–Trinajstić information content (AvgIpc) is 3.58. The number of nitriles is 1. The van der Waals surface area contributed by atoms with E-state index in [0.717, 1.165) is 64.1 Å². The van der Waals surface area contributed by atoms with Crippen molar-refractivity contribution in [1.29, 1.82) is 5.26 Å². The van der Waals surface area contributed by atoms with Crippen molar-refractivity contribution >= 4 is 23.7 Å².